The van der Waals surface area contributed by atoms with Crippen LogP contribution in [0.3, 0.4) is 0 Å². The largest absolute Gasteiger partial charge is 0.437 e. The van der Waals surface area contributed by atoms with E-state index in [9.17, 15) is 0 Å². The van der Waals surface area contributed by atoms with E-state index >= 15 is 0 Å². The molecule has 0 radical (unpaired) electrons. The summed E-state index contributed by atoms with van der Waals surface area (Å²) in [6, 6.07) is 13.2. The maximum atomic E-state index is 5.76. The van der Waals surface area contributed by atoms with Gasteiger partial charge in [0.1, 0.15) is 5.75 Å². The van der Waals surface area contributed by atoms with Crippen molar-refractivity contribution in [3.8, 4) is 11.6 Å². The van der Waals surface area contributed by atoms with Crippen LogP contribution in [0.2, 0.25) is 0 Å². The fraction of sp³-hybridized carbons (Fsp3) is 0.0667. The number of benzene rings is 2. The molecule has 0 saturated carbocycles. The zero-order valence-corrected chi connectivity index (χ0v) is 10.5. The van der Waals surface area contributed by atoms with E-state index in [1.807, 2.05) is 43.3 Å². The molecule has 2 aromatic carbocycles. The Kier molecular flexibility index (Phi) is 2.76. The highest BCUT2D eigenvalue weighted by atomic mass is 16.5. The van der Waals surface area contributed by atoms with Crippen LogP contribution in [-0.4, -0.2) is 9.97 Å². The van der Waals surface area contributed by atoms with E-state index in [0.717, 1.165) is 16.6 Å². The van der Waals surface area contributed by atoms with E-state index in [1.54, 1.807) is 12.3 Å². The molecule has 94 valence electrons. The third-order valence-corrected chi connectivity index (χ3v) is 2.85. The fourth-order valence-corrected chi connectivity index (χ4v) is 1.83. The zero-order valence-electron chi connectivity index (χ0n) is 10.5. The maximum absolute atomic E-state index is 5.76. The second-order valence-corrected chi connectivity index (χ2v) is 4.32. The molecule has 0 unspecified atom stereocenters. The van der Waals surface area contributed by atoms with Crippen LogP contribution in [0.1, 0.15) is 5.56 Å². The van der Waals surface area contributed by atoms with Crippen molar-refractivity contribution in [1.29, 1.82) is 0 Å². The number of nitrogens with two attached hydrogens (primary N) is 1. The Morgan fingerprint density at radius 2 is 1.84 bits per heavy atom. The standard InChI is InChI=1S/C15H13N3O/c1-10-6-7-11(16)8-14(10)19-15-9-17-12-4-2-3-5-13(12)18-15/h2-9H,16H2,1H3. The second kappa shape index (κ2) is 4.57. The number of hydrogen-bond acceptors (Lipinski definition) is 4. The van der Waals surface area contributed by atoms with Crippen molar-refractivity contribution in [2.45, 2.75) is 6.92 Å². The van der Waals surface area contributed by atoms with Crippen LogP contribution < -0.4 is 10.5 Å². The number of anilines is 1. The molecule has 1 heterocycles. The van der Waals surface area contributed by atoms with Crippen molar-refractivity contribution in [2.75, 3.05) is 5.73 Å². The summed E-state index contributed by atoms with van der Waals surface area (Å²) in [5.41, 5.74) is 9.07. The molecule has 19 heavy (non-hydrogen) atoms. The van der Waals surface area contributed by atoms with Crippen LogP contribution in [0.5, 0.6) is 11.6 Å². The third-order valence-electron chi connectivity index (χ3n) is 2.85. The lowest BCUT2D eigenvalue weighted by molar-refractivity contribution is 0.459. The van der Waals surface area contributed by atoms with Crippen molar-refractivity contribution < 1.29 is 4.74 Å². The van der Waals surface area contributed by atoms with Crippen LogP contribution in [-0.2, 0) is 0 Å². The molecule has 0 amide bonds. The van der Waals surface area contributed by atoms with Gasteiger partial charge in [-0.1, -0.05) is 18.2 Å². The quantitative estimate of drug-likeness (QED) is 0.710. The molecule has 3 aromatic rings. The Bertz CT molecular complexity index is 740. The van der Waals surface area contributed by atoms with E-state index in [2.05, 4.69) is 9.97 Å². The molecule has 4 nitrogen and oxygen atoms in total. The summed E-state index contributed by atoms with van der Waals surface area (Å²) >= 11 is 0. The van der Waals surface area contributed by atoms with Gasteiger partial charge in [0.2, 0.25) is 5.88 Å². The van der Waals surface area contributed by atoms with Gasteiger partial charge in [0.25, 0.3) is 0 Å². The van der Waals surface area contributed by atoms with Crippen LogP contribution in [0.15, 0.2) is 48.7 Å². The molecular formula is C15H13N3O. The number of hydrogen-bond donors (Lipinski definition) is 1. The highest BCUT2D eigenvalue weighted by molar-refractivity contribution is 5.74. The van der Waals surface area contributed by atoms with Crippen LogP contribution in [0.4, 0.5) is 5.69 Å². The molecule has 0 saturated heterocycles. The second-order valence-electron chi connectivity index (χ2n) is 4.32. The van der Waals surface area contributed by atoms with Gasteiger partial charge in [-0.15, -0.1) is 0 Å². The van der Waals surface area contributed by atoms with E-state index in [-0.39, 0.29) is 0 Å². The van der Waals surface area contributed by atoms with Gasteiger partial charge in [0, 0.05) is 11.8 Å². The lowest BCUT2D eigenvalue weighted by Crippen LogP contribution is -1.94. The Hall–Kier alpha value is -2.62. The fourth-order valence-electron chi connectivity index (χ4n) is 1.83. The summed E-state index contributed by atoms with van der Waals surface area (Å²) in [6.07, 6.45) is 1.62. The van der Waals surface area contributed by atoms with Gasteiger partial charge in [0.15, 0.2) is 0 Å². The summed E-state index contributed by atoms with van der Waals surface area (Å²) in [5.74, 6) is 1.16. The van der Waals surface area contributed by atoms with E-state index in [0.29, 0.717) is 17.3 Å². The normalized spacial score (nSPS) is 10.6. The van der Waals surface area contributed by atoms with Crippen molar-refractivity contribution >= 4 is 16.7 Å². The Morgan fingerprint density at radius 1 is 1.05 bits per heavy atom. The number of rotatable bonds is 2. The minimum atomic E-state index is 0.465. The SMILES string of the molecule is Cc1ccc(N)cc1Oc1cnc2ccccc2n1. The molecule has 0 aliphatic heterocycles. The maximum Gasteiger partial charge on any atom is 0.238 e. The van der Waals surface area contributed by atoms with Gasteiger partial charge in [-0.3, -0.25) is 0 Å². The summed E-state index contributed by atoms with van der Waals surface area (Å²) in [7, 11) is 0. The molecule has 2 N–H and O–H groups in total. The van der Waals surface area contributed by atoms with Crippen LogP contribution in [0, 0.1) is 6.92 Å². The van der Waals surface area contributed by atoms with E-state index in [4.69, 9.17) is 10.5 Å². The Balaban J connectivity index is 1.98. The average molecular weight is 251 g/mol. The molecule has 4 heteroatoms. The number of nitrogen functional groups attached to an aromatic ring is 1. The number of para-hydroxylation sites is 2. The smallest absolute Gasteiger partial charge is 0.238 e. The summed E-state index contributed by atoms with van der Waals surface area (Å²) in [5, 5.41) is 0. The topological polar surface area (TPSA) is 61.0 Å². The molecular weight excluding hydrogens is 238 g/mol. The lowest BCUT2D eigenvalue weighted by atomic mass is 10.2. The van der Waals surface area contributed by atoms with Crippen LogP contribution in [0.25, 0.3) is 11.0 Å². The first-order chi connectivity index (χ1) is 9.22. The van der Waals surface area contributed by atoms with Crippen LogP contribution >= 0.6 is 0 Å². The number of aromatic nitrogens is 2. The van der Waals surface area contributed by atoms with Gasteiger partial charge < -0.3 is 10.5 Å². The molecule has 0 aliphatic carbocycles. The molecule has 0 bridgehead atoms. The van der Waals surface area contributed by atoms with Crippen molar-refractivity contribution in [1.82, 2.24) is 9.97 Å². The third kappa shape index (κ3) is 2.33. The average Bonchev–Trinajstić information content (AvgIpc) is 2.43. The highest BCUT2D eigenvalue weighted by Crippen LogP contribution is 2.26. The minimum Gasteiger partial charge on any atom is -0.437 e. The zero-order chi connectivity index (χ0) is 13.2. The summed E-state index contributed by atoms with van der Waals surface area (Å²) in [6.45, 7) is 1.96. The molecule has 0 aliphatic rings. The predicted octanol–water partition coefficient (Wildman–Crippen LogP) is 3.31. The number of nitrogens with zero attached hydrogens (tertiary/aromatic N) is 2. The van der Waals surface area contributed by atoms with Gasteiger partial charge in [0.05, 0.1) is 17.2 Å². The molecule has 3 rings (SSSR count). The highest BCUT2D eigenvalue weighted by Gasteiger charge is 2.05. The molecule has 0 spiro atoms. The van der Waals surface area contributed by atoms with Crippen molar-refractivity contribution in [3.05, 3.63) is 54.2 Å². The van der Waals surface area contributed by atoms with Crippen molar-refractivity contribution in [2.24, 2.45) is 0 Å². The van der Waals surface area contributed by atoms with E-state index in [1.165, 1.54) is 0 Å². The predicted molar refractivity (Wildman–Crippen MR) is 75.2 cm³/mol. The number of aryl methyl sites for hydroxylation is 1. The van der Waals surface area contributed by atoms with Gasteiger partial charge in [-0.05, 0) is 30.7 Å². The monoisotopic (exact) mass is 251 g/mol. The van der Waals surface area contributed by atoms with Gasteiger partial charge in [-0.25, -0.2) is 9.97 Å². The first-order valence-corrected chi connectivity index (χ1v) is 5.98. The minimum absolute atomic E-state index is 0.465. The van der Waals surface area contributed by atoms with Crippen molar-refractivity contribution in [3.63, 3.8) is 0 Å². The molecule has 0 atom stereocenters. The summed E-state index contributed by atoms with van der Waals surface area (Å²) < 4.78 is 5.74. The van der Waals surface area contributed by atoms with Gasteiger partial charge >= 0.3 is 0 Å². The first kappa shape index (κ1) is 11.5. The molecule has 0 fully saturated rings. The number of fused-ring (bicyclic) bond motifs is 1. The lowest BCUT2D eigenvalue weighted by Gasteiger charge is -2.08. The molecule has 1 aromatic heterocycles. The number of ether oxygens (including phenoxy) is 1. The van der Waals surface area contributed by atoms with Gasteiger partial charge in [-0.2, -0.15) is 0 Å². The summed E-state index contributed by atoms with van der Waals surface area (Å²) in [4.78, 5) is 8.73. The Labute approximate surface area is 110 Å². The Morgan fingerprint density at radius 3 is 2.68 bits per heavy atom. The van der Waals surface area contributed by atoms with E-state index < -0.39 is 0 Å². The first-order valence-electron chi connectivity index (χ1n) is 5.98.